The first-order valence-electron chi connectivity index (χ1n) is 51.5. The lowest BCUT2D eigenvalue weighted by atomic mass is 10.1. The molecule has 145 heavy (non-hydrogen) atoms. The van der Waals surface area contributed by atoms with Crippen LogP contribution in [0.1, 0.15) is 129 Å². The SMILES string of the molecule is CC(C)Cn1cc(-c2cccc3nc(Nc4ccc(CCCN5CCCC5)cc4)nn23)cn1.FC(F)(F)c1cccc(Cn2cc(-c3cccc4nc(Nc5ccc(CCCN6CCCC6)cc5)nn34)cn2)c1.c1cc(-c2cnn(CCN3CCOCC3)c2)n2nc(Nc3ccc(CCCN4CCCC4)cc3)nc2c1.c1csc(Cn2cc(-c3cccc4nc(Nc5ccc(CCCN6CCCC6)cc5)nn34)cn2)c1. The Morgan fingerprint density at radius 2 is 0.655 bits per heavy atom. The molecule has 5 aromatic carbocycles. The highest BCUT2D eigenvalue weighted by molar-refractivity contribution is 7.09. The molecule has 23 rings (SSSR count). The number of hydrogen-bond acceptors (Lipinski definition) is 23. The van der Waals surface area contributed by atoms with Crippen LogP contribution in [0.25, 0.3) is 67.6 Å². The lowest BCUT2D eigenvalue weighted by Crippen LogP contribution is -2.38. The third-order valence-corrected chi connectivity index (χ3v) is 28.2. The van der Waals surface area contributed by atoms with Crippen molar-refractivity contribution in [3.05, 3.63) is 299 Å². The van der Waals surface area contributed by atoms with Crippen molar-refractivity contribution in [2.45, 2.75) is 149 Å². The smallest absolute Gasteiger partial charge is 0.379 e. The minimum Gasteiger partial charge on any atom is -0.379 e. The number of ether oxygens (including phenoxy) is 1. The van der Waals surface area contributed by atoms with Crippen LogP contribution in [0.3, 0.4) is 0 Å². The Bertz CT molecular complexity index is 7130. The van der Waals surface area contributed by atoms with Crippen LogP contribution in [-0.2, 0) is 62.8 Å². The quantitative estimate of drug-likeness (QED) is 0.0282. The van der Waals surface area contributed by atoms with Crippen LogP contribution in [0.4, 0.5) is 59.7 Å². The minimum absolute atomic E-state index is 0.221. The number of nitrogens with one attached hydrogen (secondary N) is 4. The van der Waals surface area contributed by atoms with Gasteiger partial charge in [0.1, 0.15) is 0 Å². The predicted octanol–water partition coefficient (Wildman–Crippen LogP) is 20.6. The van der Waals surface area contributed by atoms with E-state index in [4.69, 9.17) is 25.0 Å². The summed E-state index contributed by atoms with van der Waals surface area (Å²) in [4.78, 5) is 32.7. The Morgan fingerprint density at radius 3 is 1.00 bits per heavy atom. The summed E-state index contributed by atoms with van der Waals surface area (Å²) in [5, 5.41) is 52.4. The van der Waals surface area contributed by atoms with E-state index < -0.39 is 11.7 Å². The Hall–Kier alpha value is -14.1. The number of anilines is 8. The van der Waals surface area contributed by atoms with Gasteiger partial charge in [-0.25, -0.2) is 18.1 Å². The molecule has 18 heterocycles. The van der Waals surface area contributed by atoms with Crippen LogP contribution in [0.2, 0.25) is 0 Å². The summed E-state index contributed by atoms with van der Waals surface area (Å²) in [6.07, 6.45) is 31.1. The van der Waals surface area contributed by atoms with E-state index in [0.717, 1.165) is 182 Å². The van der Waals surface area contributed by atoms with Crippen LogP contribution in [0.15, 0.2) is 261 Å². The number of benzene rings is 5. The molecule has 30 nitrogen and oxygen atoms in total. The van der Waals surface area contributed by atoms with Gasteiger partial charge in [0.15, 0.2) is 22.6 Å². The number of fused-ring (bicyclic) bond motifs is 4. The summed E-state index contributed by atoms with van der Waals surface area (Å²) in [6.45, 7) is 26.6. The fourth-order valence-electron chi connectivity index (χ4n) is 19.7. The summed E-state index contributed by atoms with van der Waals surface area (Å²) in [7, 11) is 0. The highest BCUT2D eigenvalue weighted by Crippen LogP contribution is 2.33. The third-order valence-electron chi connectivity index (χ3n) is 27.3. The number of pyridine rings is 4. The summed E-state index contributed by atoms with van der Waals surface area (Å²) in [6, 6.07) is 67.6. The van der Waals surface area contributed by atoms with Gasteiger partial charge in [0.2, 0.25) is 23.8 Å². The number of aryl methyl sites for hydroxylation is 4. The maximum atomic E-state index is 13.1. The largest absolute Gasteiger partial charge is 0.416 e. The molecule has 0 saturated carbocycles. The molecule has 5 aliphatic rings. The molecular weight excluding hydrogens is 1840 g/mol. The van der Waals surface area contributed by atoms with Gasteiger partial charge in [-0.05, 0) is 336 Å². The molecule has 5 fully saturated rings. The first kappa shape index (κ1) is 98.3. The van der Waals surface area contributed by atoms with E-state index in [-0.39, 0.29) is 6.54 Å². The zero-order chi connectivity index (χ0) is 98.5. The number of thiophene rings is 1. The number of morpholine rings is 1. The van der Waals surface area contributed by atoms with Gasteiger partial charge in [-0.2, -0.15) is 53.5 Å². The molecule has 750 valence electrons. The van der Waals surface area contributed by atoms with Crippen molar-refractivity contribution < 1.29 is 17.9 Å². The van der Waals surface area contributed by atoms with Crippen LogP contribution in [-0.4, -0.2) is 233 Å². The molecule has 34 heteroatoms. The van der Waals surface area contributed by atoms with Gasteiger partial charge < -0.3 is 45.6 Å². The zero-order valence-corrected chi connectivity index (χ0v) is 83.5. The molecule has 0 unspecified atom stereocenters. The second-order valence-electron chi connectivity index (χ2n) is 38.8. The van der Waals surface area contributed by atoms with E-state index in [9.17, 15) is 13.2 Å². The second-order valence-corrected chi connectivity index (χ2v) is 39.8. The van der Waals surface area contributed by atoms with Gasteiger partial charge in [0, 0.05) is 101 Å². The van der Waals surface area contributed by atoms with Crippen molar-refractivity contribution in [3.8, 4) is 45.0 Å². The highest BCUT2D eigenvalue weighted by Gasteiger charge is 2.31. The van der Waals surface area contributed by atoms with E-state index in [1.165, 1.54) is 182 Å². The topological polar surface area (TPSA) is 266 Å². The van der Waals surface area contributed by atoms with Crippen molar-refractivity contribution in [1.29, 1.82) is 0 Å². The Labute approximate surface area is 847 Å². The lowest BCUT2D eigenvalue weighted by molar-refractivity contribution is -0.137. The third kappa shape index (κ3) is 26.7. The van der Waals surface area contributed by atoms with Crippen molar-refractivity contribution >= 4 is 80.5 Å². The van der Waals surface area contributed by atoms with Gasteiger partial charge in [-0.1, -0.05) is 105 Å². The summed E-state index contributed by atoms with van der Waals surface area (Å²) in [5.41, 5.74) is 19.9. The second kappa shape index (κ2) is 47.6. The van der Waals surface area contributed by atoms with Crippen molar-refractivity contribution in [2.24, 2.45) is 5.92 Å². The number of rotatable bonds is 37. The first-order chi connectivity index (χ1) is 71.1. The van der Waals surface area contributed by atoms with Gasteiger partial charge >= 0.3 is 6.18 Å². The minimum atomic E-state index is -4.38. The number of hydrogen-bond donors (Lipinski definition) is 4. The molecule has 0 amide bonds. The van der Waals surface area contributed by atoms with Crippen molar-refractivity contribution in [2.75, 3.05) is 133 Å². The van der Waals surface area contributed by atoms with Crippen molar-refractivity contribution in [1.82, 2.24) is 122 Å². The molecule has 0 radical (unpaired) electrons. The van der Waals surface area contributed by atoms with E-state index >= 15 is 0 Å². The van der Waals surface area contributed by atoms with E-state index in [2.05, 4.69) is 251 Å². The van der Waals surface area contributed by atoms with Crippen molar-refractivity contribution in [3.63, 3.8) is 0 Å². The summed E-state index contributed by atoms with van der Waals surface area (Å²) >= 11 is 1.74. The molecule has 0 bridgehead atoms. The zero-order valence-electron chi connectivity index (χ0n) is 82.7. The molecule has 4 N–H and O–H groups in total. The summed E-state index contributed by atoms with van der Waals surface area (Å²) < 4.78 is 59.7. The molecule has 0 aliphatic carbocycles. The number of nitrogens with zero attached hydrogens (tertiary/aromatic N) is 25. The number of likely N-dealkylation sites (tertiary alicyclic amines) is 4. The van der Waals surface area contributed by atoms with Crippen LogP contribution >= 0.6 is 11.3 Å². The molecule has 5 saturated heterocycles. The van der Waals surface area contributed by atoms with Crippen LogP contribution < -0.4 is 21.3 Å². The normalized spacial score (nSPS) is 15.0. The van der Waals surface area contributed by atoms with Gasteiger partial charge in [0.25, 0.3) is 0 Å². The molecule has 0 spiro atoms. The van der Waals surface area contributed by atoms with Gasteiger partial charge in [0.05, 0.1) is 86.0 Å². The van der Waals surface area contributed by atoms with Crippen LogP contribution in [0, 0.1) is 5.92 Å². The van der Waals surface area contributed by atoms with E-state index in [1.807, 2.05) is 101 Å². The highest BCUT2D eigenvalue weighted by atomic mass is 32.1. The maximum absolute atomic E-state index is 13.1. The summed E-state index contributed by atoms with van der Waals surface area (Å²) in [5.74, 6) is 2.80. The van der Waals surface area contributed by atoms with Gasteiger partial charge in [-0.15, -0.1) is 31.7 Å². The Balaban J connectivity index is 0.000000118. The number of halogens is 3. The fourth-order valence-corrected chi connectivity index (χ4v) is 20.4. The van der Waals surface area contributed by atoms with E-state index in [1.54, 1.807) is 39.0 Å². The van der Waals surface area contributed by atoms with Gasteiger partial charge in [-0.3, -0.25) is 23.6 Å². The average Bonchev–Trinajstić information content (AvgIpc) is 1.65. The van der Waals surface area contributed by atoms with Crippen LogP contribution in [0.5, 0.6) is 0 Å². The first-order valence-corrected chi connectivity index (χ1v) is 52.4. The molecule has 0 atom stereocenters. The predicted molar refractivity (Wildman–Crippen MR) is 568 cm³/mol. The Morgan fingerprint density at radius 1 is 0.331 bits per heavy atom. The fraction of sp³-hybridized carbons (Fsp3) is 0.369. The number of alkyl halides is 3. The molecular formula is C111H128F3N29OS. The Kier molecular flexibility index (Phi) is 32.3. The average molecular weight is 1970 g/mol. The van der Waals surface area contributed by atoms with E-state index in [0.29, 0.717) is 40.9 Å². The molecule has 5 aliphatic heterocycles. The monoisotopic (exact) mass is 1970 g/mol. The number of aromatic nitrogens is 20. The standard InChI is InChI=1S/C30H30F3N7.C28H36N8O.C27H29N7S.C26H33N7/c31-30(32,33)25-8-3-6-23(18-25)20-39-21-24(19-34-39)27-9-4-10-28-36-29(37-40(27)28)35-26-13-11-22(12-14-26)7-5-17-38-15-1-2-16-38;1-2-13-33(12-1)14-4-5-23-8-10-25(11-9-23)30-28-31-27-7-3-6-26(36(27)32-28)24-21-29-35(22-24)16-15-34-17-19-37-20-18-34;1-2-15-32(14-1)16-4-6-21-10-12-23(13-11-21)29-27-30-26-9-3-8-25(34(26)31-27)22-18-28-33(19-22)20-24-7-5-17-35-24;1-20(2)18-32-19-22(17-27-32)24-8-5-9-25-29-26(30-33(24)25)28-23-12-10-21(11-13-23)7-6-16-31-14-3-4-15-31/h3-4,6,8-14,18-19,21H,1-2,5,7,15-17,20H2,(H,35,37);3,6-11,21-22H,1-2,4-5,12-20H2,(H,30,32);3,5,7-13,17-19H,1-2,4,6,14-16,20H2,(H,29,31);5,8-13,17,19-20H,3-4,6-7,14-16,18H2,1-2H3,(H,28,30). The molecule has 13 aromatic heterocycles. The molecule has 18 aromatic rings. The maximum Gasteiger partial charge on any atom is 0.416 e. The lowest BCUT2D eigenvalue weighted by Gasteiger charge is -2.26.